The Kier molecular flexibility index (Phi) is 9.54. The van der Waals surface area contributed by atoms with Crippen molar-refractivity contribution in [2.75, 3.05) is 36.9 Å². The van der Waals surface area contributed by atoms with Gasteiger partial charge >= 0.3 is 5.69 Å². The number of imidazole rings is 2. The molecule has 16 heteroatoms. The van der Waals surface area contributed by atoms with Crippen molar-refractivity contribution in [3.8, 4) is 0 Å². The summed E-state index contributed by atoms with van der Waals surface area (Å²) in [4.78, 5) is 67.2. The Hall–Kier alpha value is -5.38. The second-order valence-electron chi connectivity index (χ2n) is 14.9. The number of nitrogens with zero attached hydrogens (tertiary/aromatic N) is 7. The van der Waals surface area contributed by atoms with Crippen LogP contribution in [0.3, 0.4) is 0 Å². The van der Waals surface area contributed by atoms with E-state index in [2.05, 4.69) is 42.4 Å². The maximum Gasteiger partial charge on any atom is 0.329 e. The van der Waals surface area contributed by atoms with Gasteiger partial charge in [-0.1, -0.05) is 6.07 Å². The zero-order valence-corrected chi connectivity index (χ0v) is 30.3. The van der Waals surface area contributed by atoms with E-state index in [1.54, 1.807) is 46.7 Å². The number of imide groups is 1. The molecule has 14 nitrogen and oxygen atoms in total. The molecule has 3 amide bonds. The zero-order valence-electron chi connectivity index (χ0n) is 30.3. The Morgan fingerprint density at radius 3 is 2.54 bits per heavy atom. The van der Waals surface area contributed by atoms with E-state index in [-0.39, 0.29) is 35.3 Å². The number of piperidine rings is 2. The lowest BCUT2D eigenvalue weighted by Gasteiger charge is -2.40. The number of benzene rings is 1. The van der Waals surface area contributed by atoms with Gasteiger partial charge in [0.2, 0.25) is 11.8 Å². The molecule has 1 saturated carbocycles. The standard InChI is InChI=1S/C38H44F2N10O4/c1-46(24-13-18-48(19-14-24)26-5-3-6-27-31(26)47(2)38(54)50(27)28-11-12-29(51)42-37(28)53)21-22-7-9-23(10-8-22)33-43-30(32(39)40)34(44-33)45-36(52)25-15-20-49-17-4-16-41-35(25)49/h3-6,15-17,20,22-24,28,32H,7-14,18-19,21H2,1-2H3,(H,43,44)(H,45,52)(H,42,51,53)/t22-,23-,28?. The second-order valence-corrected chi connectivity index (χ2v) is 14.9. The first kappa shape index (κ1) is 35.6. The van der Waals surface area contributed by atoms with Crippen molar-refractivity contribution in [1.82, 2.24) is 38.7 Å². The van der Waals surface area contributed by atoms with Crippen LogP contribution < -0.4 is 21.2 Å². The van der Waals surface area contributed by atoms with Crippen LogP contribution in [0.5, 0.6) is 0 Å². The summed E-state index contributed by atoms with van der Waals surface area (Å²) < 4.78 is 33.0. The van der Waals surface area contributed by atoms with Crippen LogP contribution in [0, 0.1) is 5.92 Å². The molecule has 1 aliphatic carbocycles. The van der Waals surface area contributed by atoms with Crippen LogP contribution in [0.15, 0.2) is 53.7 Å². The van der Waals surface area contributed by atoms with E-state index in [0.29, 0.717) is 35.4 Å². The van der Waals surface area contributed by atoms with Gasteiger partial charge < -0.3 is 24.5 Å². The minimum absolute atomic E-state index is 0.00143. The molecule has 0 radical (unpaired) electrons. The highest BCUT2D eigenvalue weighted by atomic mass is 19.3. The van der Waals surface area contributed by atoms with E-state index in [4.69, 9.17) is 0 Å². The fourth-order valence-electron chi connectivity index (χ4n) is 8.78. The topological polar surface area (TPSA) is 155 Å². The summed E-state index contributed by atoms with van der Waals surface area (Å²) in [5.41, 5.74) is 2.44. The van der Waals surface area contributed by atoms with Gasteiger partial charge in [0, 0.05) is 63.7 Å². The number of nitrogens with one attached hydrogen (secondary N) is 3. The third kappa shape index (κ3) is 6.56. The monoisotopic (exact) mass is 742 g/mol. The molecule has 1 aromatic carbocycles. The lowest BCUT2D eigenvalue weighted by molar-refractivity contribution is -0.135. The number of amides is 3. The number of H-pyrrole nitrogens is 1. The highest BCUT2D eigenvalue weighted by Gasteiger charge is 2.34. The average Bonchev–Trinajstić information content (AvgIpc) is 3.87. The molecule has 5 aromatic rings. The third-order valence-corrected chi connectivity index (χ3v) is 11.7. The van der Waals surface area contributed by atoms with Crippen LogP contribution in [0.2, 0.25) is 0 Å². The lowest BCUT2D eigenvalue weighted by atomic mass is 9.81. The fraction of sp³-hybridized carbons (Fsp3) is 0.474. The summed E-state index contributed by atoms with van der Waals surface area (Å²) in [5, 5.41) is 5.00. The Bertz CT molecular complexity index is 2280. The highest BCUT2D eigenvalue weighted by Crippen LogP contribution is 2.38. The van der Waals surface area contributed by atoms with Gasteiger partial charge in [-0.05, 0) is 82.2 Å². The van der Waals surface area contributed by atoms with Gasteiger partial charge in [0.05, 0.1) is 22.3 Å². The number of alkyl halides is 2. The average molecular weight is 743 g/mol. The van der Waals surface area contributed by atoms with E-state index in [0.717, 1.165) is 69.4 Å². The molecule has 3 fully saturated rings. The second kappa shape index (κ2) is 14.5. The van der Waals surface area contributed by atoms with E-state index >= 15 is 0 Å². The molecular formula is C38H44F2N10O4. The van der Waals surface area contributed by atoms with Crippen molar-refractivity contribution < 1.29 is 23.2 Å². The van der Waals surface area contributed by atoms with Crippen molar-refractivity contribution in [1.29, 1.82) is 0 Å². The number of halogens is 2. The van der Waals surface area contributed by atoms with Crippen LogP contribution in [-0.4, -0.2) is 83.8 Å². The first-order valence-corrected chi connectivity index (χ1v) is 18.7. The number of para-hydroxylation sites is 1. The van der Waals surface area contributed by atoms with E-state index in [1.807, 2.05) is 18.2 Å². The maximum atomic E-state index is 14.1. The predicted molar refractivity (Wildman–Crippen MR) is 198 cm³/mol. The van der Waals surface area contributed by atoms with E-state index in [9.17, 15) is 28.0 Å². The molecule has 1 atom stereocenters. The van der Waals surface area contributed by atoms with Gasteiger partial charge in [0.15, 0.2) is 0 Å². The first-order valence-electron chi connectivity index (χ1n) is 18.7. The molecule has 6 heterocycles. The van der Waals surface area contributed by atoms with Gasteiger partial charge in [-0.25, -0.2) is 23.5 Å². The van der Waals surface area contributed by atoms with Gasteiger partial charge in [-0.15, -0.1) is 0 Å². The van der Waals surface area contributed by atoms with Crippen molar-refractivity contribution >= 4 is 45.9 Å². The van der Waals surface area contributed by atoms with Crippen LogP contribution >= 0.6 is 0 Å². The fourth-order valence-corrected chi connectivity index (χ4v) is 8.78. The molecule has 3 N–H and O–H groups in total. The number of hydrogen-bond acceptors (Lipinski definition) is 8. The number of anilines is 2. The third-order valence-electron chi connectivity index (χ3n) is 11.7. The number of carbonyl (C=O) groups is 3. The summed E-state index contributed by atoms with van der Waals surface area (Å²) in [5.74, 6) is -0.404. The zero-order chi connectivity index (χ0) is 37.7. The Labute approximate surface area is 309 Å². The Balaban J connectivity index is 0.868. The summed E-state index contributed by atoms with van der Waals surface area (Å²) >= 11 is 0. The number of fused-ring (bicyclic) bond motifs is 2. The highest BCUT2D eigenvalue weighted by molar-refractivity contribution is 6.08. The van der Waals surface area contributed by atoms with E-state index < -0.39 is 30.0 Å². The summed E-state index contributed by atoms with van der Waals surface area (Å²) in [7, 11) is 3.91. The number of rotatable bonds is 9. The van der Waals surface area contributed by atoms with Crippen molar-refractivity contribution in [2.24, 2.45) is 13.0 Å². The minimum Gasteiger partial charge on any atom is -0.370 e. The van der Waals surface area contributed by atoms with Gasteiger partial charge in [-0.2, -0.15) is 0 Å². The molecule has 1 unspecified atom stereocenters. The molecule has 0 spiro atoms. The predicted octanol–water partition coefficient (Wildman–Crippen LogP) is 4.75. The largest absolute Gasteiger partial charge is 0.370 e. The smallest absolute Gasteiger partial charge is 0.329 e. The molecule has 2 saturated heterocycles. The number of carbonyl (C=O) groups excluding carboxylic acids is 3. The molecule has 8 rings (SSSR count). The van der Waals surface area contributed by atoms with Crippen LogP contribution in [0.25, 0.3) is 16.7 Å². The van der Waals surface area contributed by atoms with Crippen molar-refractivity contribution in [3.05, 3.63) is 76.5 Å². The molecule has 0 bridgehead atoms. The van der Waals surface area contributed by atoms with Gasteiger partial charge in [0.25, 0.3) is 12.3 Å². The van der Waals surface area contributed by atoms with Crippen LogP contribution in [-0.2, 0) is 16.6 Å². The molecule has 3 aliphatic rings. The van der Waals surface area contributed by atoms with Crippen molar-refractivity contribution in [2.45, 2.75) is 75.8 Å². The summed E-state index contributed by atoms with van der Waals surface area (Å²) in [6, 6.07) is 8.84. The Morgan fingerprint density at radius 2 is 1.80 bits per heavy atom. The molecule has 4 aromatic heterocycles. The van der Waals surface area contributed by atoms with Crippen molar-refractivity contribution in [3.63, 3.8) is 0 Å². The number of hydrogen-bond donors (Lipinski definition) is 3. The summed E-state index contributed by atoms with van der Waals surface area (Å²) in [6.45, 7) is 2.58. The number of aryl methyl sites for hydroxylation is 1. The first-order chi connectivity index (χ1) is 26.1. The quantitative estimate of drug-likeness (QED) is 0.183. The molecule has 284 valence electrons. The van der Waals surface area contributed by atoms with E-state index in [1.165, 1.54) is 4.57 Å². The minimum atomic E-state index is -2.84. The Morgan fingerprint density at radius 1 is 1.02 bits per heavy atom. The molecular weight excluding hydrogens is 698 g/mol. The van der Waals surface area contributed by atoms with Crippen LogP contribution in [0.1, 0.15) is 91.6 Å². The maximum absolute atomic E-state index is 14.1. The number of aromatic nitrogens is 6. The molecule has 2 aliphatic heterocycles. The van der Waals surface area contributed by atoms with Crippen LogP contribution in [0.4, 0.5) is 20.3 Å². The summed E-state index contributed by atoms with van der Waals surface area (Å²) in [6.07, 6.45) is 8.11. The molecule has 54 heavy (non-hydrogen) atoms. The van der Waals surface area contributed by atoms with Gasteiger partial charge in [-0.3, -0.25) is 28.8 Å². The number of aromatic amines is 1. The lowest BCUT2D eigenvalue weighted by Crippen LogP contribution is -2.45. The van der Waals surface area contributed by atoms with Gasteiger partial charge in [0.1, 0.15) is 29.0 Å². The SMILES string of the molecule is CN(C[C@H]1CC[C@H](c2nc(C(F)F)c(NC(=O)c3ccn4cccnc34)[nH]2)CC1)C1CCN(c2cccc3c2n(C)c(=O)n3C2CCC(=O)NC2=O)CC1. The normalized spacial score (nSPS) is 21.4.